The summed E-state index contributed by atoms with van der Waals surface area (Å²) in [7, 11) is 1.97. The number of hydrogen-bond donors (Lipinski definition) is 0. The second kappa shape index (κ2) is 9.24. The van der Waals surface area contributed by atoms with Gasteiger partial charge in [-0.1, -0.05) is 35.7 Å². The number of anilines is 1. The molecule has 2 aromatic heterocycles. The van der Waals surface area contributed by atoms with Crippen molar-refractivity contribution < 1.29 is 35.0 Å². The monoisotopic (exact) mass is 627 g/mol. The molecule has 0 N–H and O–H groups in total. The minimum absolute atomic E-state index is 0. The fraction of sp³-hybridized carbons (Fsp3) is 0.0370. The Labute approximate surface area is 211 Å². The van der Waals surface area contributed by atoms with E-state index in [1.807, 2.05) is 96.6 Å². The maximum Gasteiger partial charge on any atom is 0.216 e. The molecule has 0 fully saturated rings. The zero-order valence-electron chi connectivity index (χ0n) is 18.0. The molecule has 5 aromatic rings. The Hall–Kier alpha value is -3.76. The SMILES string of the molecule is CN1C=CN(c2[c-]c(Oc3[c-]c(Oc4ccccn4)c4oc5ccccc5c4c3)ccc2)[CH-]1.[Pt]. The molecule has 34 heavy (non-hydrogen) atoms. The fourth-order valence-electron chi connectivity index (χ4n) is 3.71. The topological polar surface area (TPSA) is 51.0 Å². The van der Waals surface area contributed by atoms with Crippen molar-refractivity contribution in [2.24, 2.45) is 0 Å². The van der Waals surface area contributed by atoms with E-state index in [9.17, 15) is 0 Å². The summed E-state index contributed by atoms with van der Waals surface area (Å²) in [6.45, 7) is 1.96. The minimum atomic E-state index is 0. The summed E-state index contributed by atoms with van der Waals surface area (Å²) in [6.07, 6.45) is 5.60. The molecule has 0 aliphatic carbocycles. The van der Waals surface area contributed by atoms with Gasteiger partial charge in [0.15, 0.2) is 0 Å². The molecule has 0 saturated carbocycles. The van der Waals surface area contributed by atoms with Crippen molar-refractivity contribution in [3.63, 3.8) is 0 Å². The van der Waals surface area contributed by atoms with Crippen molar-refractivity contribution in [1.82, 2.24) is 9.88 Å². The van der Waals surface area contributed by atoms with Crippen LogP contribution >= 0.6 is 0 Å². The maximum absolute atomic E-state index is 6.18. The van der Waals surface area contributed by atoms with Gasteiger partial charge in [0.25, 0.3) is 0 Å². The predicted molar refractivity (Wildman–Crippen MR) is 126 cm³/mol. The van der Waals surface area contributed by atoms with Crippen LogP contribution in [-0.2, 0) is 21.1 Å². The first kappa shape index (κ1) is 22.1. The predicted octanol–water partition coefficient (Wildman–Crippen LogP) is 6.51. The number of ether oxygens (including phenoxy) is 2. The number of aromatic nitrogens is 1. The van der Waals surface area contributed by atoms with Gasteiger partial charge in [-0.2, -0.15) is 12.7 Å². The molecule has 3 heterocycles. The van der Waals surface area contributed by atoms with E-state index >= 15 is 0 Å². The summed E-state index contributed by atoms with van der Waals surface area (Å²) < 4.78 is 18.3. The van der Waals surface area contributed by atoms with Crippen molar-refractivity contribution in [3.05, 3.63) is 104 Å². The second-order valence-corrected chi connectivity index (χ2v) is 7.56. The molecule has 1 aliphatic rings. The number of para-hydroxylation sites is 1. The largest absolute Gasteiger partial charge is 0.512 e. The van der Waals surface area contributed by atoms with Gasteiger partial charge in [-0.15, -0.1) is 30.0 Å². The van der Waals surface area contributed by atoms with Gasteiger partial charge in [-0.3, -0.25) is 0 Å². The van der Waals surface area contributed by atoms with Crippen LogP contribution < -0.4 is 14.4 Å². The van der Waals surface area contributed by atoms with Crippen molar-refractivity contribution in [3.8, 4) is 23.1 Å². The van der Waals surface area contributed by atoms with E-state index in [0.29, 0.717) is 28.7 Å². The second-order valence-electron chi connectivity index (χ2n) is 7.56. The number of hydrogen-bond acceptors (Lipinski definition) is 6. The van der Waals surface area contributed by atoms with E-state index in [1.54, 1.807) is 12.3 Å². The minimum Gasteiger partial charge on any atom is -0.512 e. The van der Waals surface area contributed by atoms with Crippen LogP contribution in [0.2, 0.25) is 0 Å². The number of fused-ring (bicyclic) bond motifs is 3. The first-order valence-electron chi connectivity index (χ1n) is 10.4. The standard InChI is InChI=1S/C27H18N3O3.Pt/c1-29-13-14-30(18-29)19-7-6-8-20(15-19)31-21-16-23-22-9-2-3-10-24(22)33-27(23)25(17-21)32-26-11-4-5-12-28-26;/h2-14,16,18H,1H3;/q-3;. The number of pyridine rings is 1. The Kier molecular flexibility index (Phi) is 5.99. The van der Waals surface area contributed by atoms with E-state index in [0.717, 1.165) is 22.0 Å². The van der Waals surface area contributed by atoms with Gasteiger partial charge >= 0.3 is 0 Å². The Morgan fingerprint density at radius 2 is 1.76 bits per heavy atom. The molecule has 0 radical (unpaired) electrons. The third-order valence-corrected chi connectivity index (χ3v) is 5.22. The van der Waals surface area contributed by atoms with Crippen molar-refractivity contribution in [2.45, 2.75) is 0 Å². The zero-order chi connectivity index (χ0) is 22.2. The maximum atomic E-state index is 6.18. The van der Waals surface area contributed by atoms with E-state index in [-0.39, 0.29) is 21.1 Å². The van der Waals surface area contributed by atoms with E-state index in [2.05, 4.69) is 17.1 Å². The quantitative estimate of drug-likeness (QED) is 0.207. The van der Waals surface area contributed by atoms with Gasteiger partial charge < -0.3 is 23.7 Å². The molecule has 0 unspecified atom stereocenters. The molecule has 0 bridgehead atoms. The molecule has 0 spiro atoms. The Bertz CT molecular complexity index is 1480. The molecule has 0 saturated heterocycles. The molecule has 172 valence electrons. The van der Waals surface area contributed by atoms with Crippen LogP contribution in [-0.4, -0.2) is 16.9 Å². The number of benzene rings is 3. The molecule has 7 heteroatoms. The third kappa shape index (κ3) is 4.25. The summed E-state index contributed by atoms with van der Waals surface area (Å²) >= 11 is 0. The summed E-state index contributed by atoms with van der Waals surface area (Å²) in [5.41, 5.74) is 2.22. The van der Waals surface area contributed by atoms with Crippen LogP contribution in [0.5, 0.6) is 23.1 Å². The Morgan fingerprint density at radius 3 is 2.59 bits per heavy atom. The molecule has 1 aliphatic heterocycles. The van der Waals surface area contributed by atoms with E-state index in [4.69, 9.17) is 13.9 Å². The molecule has 0 amide bonds. The summed E-state index contributed by atoms with van der Waals surface area (Å²) in [6, 6.07) is 27.5. The van der Waals surface area contributed by atoms with Gasteiger partial charge in [0.05, 0.1) is 11.3 Å². The van der Waals surface area contributed by atoms with Gasteiger partial charge in [-0.25, -0.2) is 4.98 Å². The number of nitrogens with zero attached hydrogens (tertiary/aromatic N) is 3. The normalized spacial score (nSPS) is 12.9. The molecule has 6 rings (SSSR count). The summed E-state index contributed by atoms with van der Waals surface area (Å²) in [4.78, 5) is 8.20. The summed E-state index contributed by atoms with van der Waals surface area (Å²) in [5.74, 6) is 1.91. The molecular formula is C27H18N3O3Pt-3. The summed E-state index contributed by atoms with van der Waals surface area (Å²) in [5, 5.41) is 1.84. The van der Waals surface area contributed by atoms with Crippen LogP contribution in [0.15, 0.2) is 89.7 Å². The zero-order valence-corrected chi connectivity index (χ0v) is 20.3. The van der Waals surface area contributed by atoms with E-state index in [1.165, 1.54) is 0 Å². The molecule has 3 aromatic carbocycles. The molecular weight excluding hydrogens is 609 g/mol. The first-order chi connectivity index (χ1) is 16.2. The van der Waals surface area contributed by atoms with Crippen LogP contribution in [0, 0.1) is 18.8 Å². The van der Waals surface area contributed by atoms with Crippen molar-refractivity contribution >= 4 is 27.6 Å². The number of furan rings is 1. The average Bonchev–Trinajstić information content (AvgIpc) is 3.44. The average molecular weight is 628 g/mol. The van der Waals surface area contributed by atoms with Crippen LogP contribution in [0.4, 0.5) is 5.69 Å². The van der Waals surface area contributed by atoms with Gasteiger partial charge in [0, 0.05) is 50.2 Å². The smallest absolute Gasteiger partial charge is 0.216 e. The van der Waals surface area contributed by atoms with E-state index < -0.39 is 0 Å². The van der Waals surface area contributed by atoms with Crippen LogP contribution in [0.3, 0.4) is 0 Å². The fourth-order valence-corrected chi connectivity index (χ4v) is 3.71. The van der Waals surface area contributed by atoms with Crippen LogP contribution in [0.25, 0.3) is 21.9 Å². The molecule has 6 nitrogen and oxygen atoms in total. The first-order valence-corrected chi connectivity index (χ1v) is 10.4. The van der Waals surface area contributed by atoms with Crippen LogP contribution in [0.1, 0.15) is 0 Å². The van der Waals surface area contributed by atoms with Crippen molar-refractivity contribution in [1.29, 1.82) is 0 Å². The van der Waals surface area contributed by atoms with Gasteiger partial charge in [-0.05, 0) is 31.6 Å². The van der Waals surface area contributed by atoms with Crippen molar-refractivity contribution in [2.75, 3.05) is 11.9 Å². The third-order valence-electron chi connectivity index (χ3n) is 5.22. The number of rotatable bonds is 5. The van der Waals surface area contributed by atoms with Gasteiger partial charge in [0.1, 0.15) is 5.58 Å². The Morgan fingerprint density at radius 1 is 0.882 bits per heavy atom. The Balaban J connectivity index is 0.00000241. The van der Waals surface area contributed by atoms with Gasteiger partial charge in [0.2, 0.25) is 5.88 Å². The molecule has 0 atom stereocenters.